The molecule has 0 amide bonds. The van der Waals surface area contributed by atoms with E-state index in [2.05, 4.69) is 79.5 Å². The zero-order valence-electron chi connectivity index (χ0n) is 19.0. The average Bonchev–Trinajstić information content (AvgIpc) is 2.39. The Hall–Kier alpha value is -1.06. The fourth-order valence-electron chi connectivity index (χ4n) is 4.33. The van der Waals surface area contributed by atoms with E-state index in [1.165, 1.54) is 12.8 Å². The molecule has 0 aromatic carbocycles. The molecule has 0 saturated carbocycles. The molecule has 4 heteroatoms. The van der Waals surface area contributed by atoms with Crippen LogP contribution in [0.1, 0.15) is 108 Å². The monoisotopic (exact) mass is 368 g/mol. The Kier molecular flexibility index (Phi) is 8.86. The van der Waals surface area contributed by atoms with Crippen molar-refractivity contribution in [2.45, 2.75) is 108 Å². The first kappa shape index (κ1) is 24.9. The highest BCUT2D eigenvalue weighted by Crippen LogP contribution is 2.36. The summed E-state index contributed by atoms with van der Waals surface area (Å²) in [7, 11) is 0. The molecule has 0 heterocycles. The van der Waals surface area contributed by atoms with Crippen molar-refractivity contribution in [1.29, 1.82) is 0 Å². The van der Waals surface area contributed by atoms with Gasteiger partial charge in [0.2, 0.25) is 0 Å². The molecule has 0 aliphatic carbocycles. The van der Waals surface area contributed by atoms with Crippen LogP contribution in [0.15, 0.2) is 10.3 Å². The van der Waals surface area contributed by atoms with Crippen molar-refractivity contribution >= 4 is 11.4 Å². The van der Waals surface area contributed by atoms with Crippen LogP contribution >= 0.6 is 0 Å². The van der Waals surface area contributed by atoms with Crippen molar-refractivity contribution in [3.63, 3.8) is 0 Å². The maximum Gasteiger partial charge on any atom is 0.0680 e. The fraction of sp³-hybridized carbons (Fsp3) is 0.909. The third-order valence-electron chi connectivity index (χ3n) is 5.26. The van der Waals surface area contributed by atoms with Gasteiger partial charge in [-0.05, 0) is 12.8 Å². The standard InChI is InChI=1S/C22H44N2O2/c1-19(2,3)17(23-25)21(7,8)15-13-11-12-14-16-22(9,10)18(24-26)20(4,5)6/h25-26H,11-16H2,1-10H3/b23-17+,24-18+. The molecule has 0 atom stereocenters. The van der Waals surface area contributed by atoms with Crippen LogP contribution in [-0.2, 0) is 0 Å². The Balaban J connectivity index is 4.45. The first-order chi connectivity index (χ1) is 11.6. The molecule has 0 spiro atoms. The molecule has 4 nitrogen and oxygen atoms in total. The second-order valence-corrected chi connectivity index (χ2v) is 11.1. The topological polar surface area (TPSA) is 65.2 Å². The Bertz CT molecular complexity index is 443. The summed E-state index contributed by atoms with van der Waals surface area (Å²) in [5.41, 5.74) is 1.34. The van der Waals surface area contributed by atoms with E-state index in [0.29, 0.717) is 0 Å². The molecular formula is C22H44N2O2. The van der Waals surface area contributed by atoms with Crippen molar-refractivity contribution in [3.8, 4) is 0 Å². The minimum absolute atomic E-state index is 0.0881. The summed E-state index contributed by atoms with van der Waals surface area (Å²) in [6.07, 6.45) is 6.65. The van der Waals surface area contributed by atoms with Gasteiger partial charge in [-0.1, -0.05) is 105 Å². The van der Waals surface area contributed by atoms with Gasteiger partial charge >= 0.3 is 0 Å². The Morgan fingerprint density at radius 2 is 0.808 bits per heavy atom. The molecule has 0 fully saturated rings. The molecule has 26 heavy (non-hydrogen) atoms. The molecular weight excluding hydrogens is 324 g/mol. The van der Waals surface area contributed by atoms with Crippen LogP contribution < -0.4 is 0 Å². The van der Waals surface area contributed by atoms with Crippen molar-refractivity contribution in [2.75, 3.05) is 0 Å². The molecule has 0 aromatic heterocycles. The first-order valence-corrected chi connectivity index (χ1v) is 10.1. The molecule has 0 bridgehead atoms. The molecule has 0 radical (unpaired) electrons. The highest BCUT2D eigenvalue weighted by atomic mass is 16.4. The van der Waals surface area contributed by atoms with E-state index in [1.54, 1.807) is 0 Å². The average molecular weight is 369 g/mol. The summed E-state index contributed by atoms with van der Waals surface area (Å²) in [6, 6.07) is 0. The fourth-order valence-corrected chi connectivity index (χ4v) is 4.33. The van der Waals surface area contributed by atoms with Gasteiger partial charge in [0.25, 0.3) is 0 Å². The third kappa shape index (κ3) is 7.67. The Morgan fingerprint density at radius 3 is 1.00 bits per heavy atom. The van der Waals surface area contributed by atoms with E-state index in [9.17, 15) is 10.4 Å². The molecule has 0 unspecified atom stereocenters. The lowest BCUT2D eigenvalue weighted by Crippen LogP contribution is -2.35. The molecule has 0 saturated heterocycles. The van der Waals surface area contributed by atoms with Gasteiger partial charge in [-0.15, -0.1) is 0 Å². The minimum Gasteiger partial charge on any atom is -0.411 e. The second-order valence-electron chi connectivity index (χ2n) is 11.1. The van der Waals surface area contributed by atoms with Crippen molar-refractivity contribution < 1.29 is 10.4 Å². The number of oxime groups is 2. The number of unbranched alkanes of at least 4 members (excludes halogenated alkanes) is 3. The predicted octanol–water partition coefficient (Wildman–Crippen LogP) is 7.13. The Morgan fingerprint density at radius 1 is 0.538 bits per heavy atom. The molecule has 154 valence electrons. The number of nitrogens with zero attached hydrogens (tertiary/aromatic N) is 2. The second kappa shape index (κ2) is 9.23. The Labute approximate surface area is 162 Å². The van der Waals surface area contributed by atoms with Crippen molar-refractivity contribution in [2.24, 2.45) is 32.0 Å². The highest BCUT2D eigenvalue weighted by Gasteiger charge is 2.35. The van der Waals surface area contributed by atoms with E-state index < -0.39 is 0 Å². The van der Waals surface area contributed by atoms with Crippen LogP contribution in [0.5, 0.6) is 0 Å². The van der Waals surface area contributed by atoms with E-state index in [1.807, 2.05) is 0 Å². The van der Waals surface area contributed by atoms with Crippen LogP contribution in [0, 0.1) is 21.7 Å². The van der Waals surface area contributed by atoms with Gasteiger partial charge in [0, 0.05) is 21.7 Å². The van der Waals surface area contributed by atoms with Gasteiger partial charge < -0.3 is 10.4 Å². The quantitative estimate of drug-likeness (QED) is 0.197. The highest BCUT2D eigenvalue weighted by molar-refractivity contribution is 5.94. The maximum atomic E-state index is 9.42. The SMILES string of the molecule is CC(C)(C)/C(=N\O)C(C)(C)CCCCCCC(C)(C)/C(=N/O)C(C)(C)C. The lowest BCUT2D eigenvalue weighted by Gasteiger charge is -2.34. The number of rotatable bonds is 9. The summed E-state index contributed by atoms with van der Waals surface area (Å²) in [5.74, 6) is 0. The maximum absolute atomic E-state index is 9.42. The van der Waals surface area contributed by atoms with Crippen LogP contribution in [0.4, 0.5) is 0 Å². The molecule has 0 aliphatic rings. The van der Waals surface area contributed by atoms with Crippen molar-refractivity contribution in [1.82, 2.24) is 0 Å². The molecule has 0 aliphatic heterocycles. The van der Waals surface area contributed by atoms with Gasteiger partial charge in [-0.2, -0.15) is 0 Å². The van der Waals surface area contributed by atoms with Crippen molar-refractivity contribution in [3.05, 3.63) is 0 Å². The summed E-state index contributed by atoms with van der Waals surface area (Å²) in [5, 5.41) is 26.1. The minimum atomic E-state index is -0.116. The lowest BCUT2D eigenvalue weighted by molar-refractivity contribution is 0.285. The van der Waals surface area contributed by atoms with Crippen LogP contribution in [0.3, 0.4) is 0 Å². The van der Waals surface area contributed by atoms with E-state index in [-0.39, 0.29) is 21.7 Å². The number of hydrogen-bond donors (Lipinski definition) is 2. The van der Waals surface area contributed by atoms with Crippen LogP contribution in [0.2, 0.25) is 0 Å². The van der Waals surface area contributed by atoms with Crippen LogP contribution in [0.25, 0.3) is 0 Å². The van der Waals surface area contributed by atoms with E-state index >= 15 is 0 Å². The normalized spacial score (nSPS) is 15.5. The van der Waals surface area contributed by atoms with E-state index in [4.69, 9.17) is 0 Å². The number of hydrogen-bond acceptors (Lipinski definition) is 4. The molecule has 0 aromatic rings. The van der Waals surface area contributed by atoms with Gasteiger partial charge in [0.15, 0.2) is 0 Å². The van der Waals surface area contributed by atoms with Gasteiger partial charge in [-0.3, -0.25) is 0 Å². The largest absolute Gasteiger partial charge is 0.411 e. The molecule has 0 rings (SSSR count). The summed E-state index contributed by atoms with van der Waals surface area (Å²) in [6.45, 7) is 21.3. The van der Waals surface area contributed by atoms with Gasteiger partial charge in [0.05, 0.1) is 11.4 Å². The van der Waals surface area contributed by atoms with Gasteiger partial charge in [-0.25, -0.2) is 0 Å². The zero-order chi connectivity index (χ0) is 20.8. The van der Waals surface area contributed by atoms with Gasteiger partial charge in [0.1, 0.15) is 0 Å². The summed E-state index contributed by atoms with van der Waals surface area (Å²) < 4.78 is 0. The summed E-state index contributed by atoms with van der Waals surface area (Å²) >= 11 is 0. The molecule has 2 N–H and O–H groups in total. The van der Waals surface area contributed by atoms with Crippen LogP contribution in [-0.4, -0.2) is 21.8 Å². The first-order valence-electron chi connectivity index (χ1n) is 10.1. The third-order valence-corrected chi connectivity index (χ3v) is 5.26. The zero-order valence-corrected chi connectivity index (χ0v) is 19.0. The smallest absolute Gasteiger partial charge is 0.0680 e. The summed E-state index contributed by atoms with van der Waals surface area (Å²) in [4.78, 5) is 0. The lowest BCUT2D eigenvalue weighted by atomic mass is 9.71. The predicted molar refractivity (Wildman–Crippen MR) is 113 cm³/mol. The van der Waals surface area contributed by atoms with E-state index in [0.717, 1.165) is 37.1 Å².